The number of carboxylic acids is 2. The van der Waals surface area contributed by atoms with Gasteiger partial charge in [0.05, 0.1) is 12.3 Å². The molecule has 0 amide bonds. The number of hydrogen-bond acceptors (Lipinski definition) is 6. The Bertz CT molecular complexity index is 1620. The number of benzene rings is 2. The number of para-hydroxylation sites is 1. The van der Waals surface area contributed by atoms with Crippen LogP contribution in [-0.2, 0) is 16.1 Å². The van der Waals surface area contributed by atoms with E-state index in [0.717, 1.165) is 10.2 Å². The fourth-order valence-corrected chi connectivity index (χ4v) is 4.89. The number of anilines is 1. The lowest BCUT2D eigenvalue weighted by molar-refractivity contribution is -0.150. The van der Waals surface area contributed by atoms with Gasteiger partial charge >= 0.3 is 18.1 Å². The topological polar surface area (TPSA) is 127 Å². The van der Waals surface area contributed by atoms with Gasteiger partial charge in [-0.2, -0.15) is 18.3 Å². The van der Waals surface area contributed by atoms with E-state index in [9.17, 15) is 33.0 Å². The largest absolute Gasteiger partial charge is 0.491 e. The minimum Gasteiger partial charge on any atom is -0.491 e. The molecular formula is C30H25F3N4O5. The highest BCUT2D eigenvalue weighted by Crippen LogP contribution is 2.37. The SMILES string of the molecule is O=C(O)CC(C(=O)O)C1(COc2ccc(-c3nn(CC(F)(F)F)cc3-c3ccncc3)cc2)C=Cc2ccccc2N1. The molecule has 9 nitrogen and oxygen atoms in total. The van der Waals surface area contributed by atoms with E-state index >= 15 is 0 Å². The van der Waals surface area contributed by atoms with E-state index in [1.807, 2.05) is 12.1 Å². The van der Waals surface area contributed by atoms with Crippen molar-refractivity contribution in [2.45, 2.75) is 24.7 Å². The average molecular weight is 579 g/mol. The van der Waals surface area contributed by atoms with Gasteiger partial charge in [-0.25, -0.2) is 0 Å². The molecule has 12 heteroatoms. The minimum absolute atomic E-state index is 0.218. The Morgan fingerprint density at radius 1 is 1.00 bits per heavy atom. The zero-order valence-electron chi connectivity index (χ0n) is 22.0. The summed E-state index contributed by atoms with van der Waals surface area (Å²) < 4.78 is 46.1. The second-order valence-corrected chi connectivity index (χ2v) is 9.83. The molecule has 1 aliphatic heterocycles. The molecule has 3 N–H and O–H groups in total. The Labute approximate surface area is 237 Å². The lowest BCUT2D eigenvalue weighted by atomic mass is 9.79. The highest BCUT2D eigenvalue weighted by molar-refractivity contribution is 5.83. The van der Waals surface area contributed by atoms with Crippen LogP contribution in [-0.4, -0.2) is 55.2 Å². The van der Waals surface area contributed by atoms with Gasteiger partial charge in [0.1, 0.15) is 30.1 Å². The van der Waals surface area contributed by atoms with E-state index in [4.69, 9.17) is 4.74 Å². The van der Waals surface area contributed by atoms with Gasteiger partial charge in [0, 0.05) is 35.4 Å². The van der Waals surface area contributed by atoms with Gasteiger partial charge < -0.3 is 20.3 Å². The van der Waals surface area contributed by atoms with E-state index in [0.29, 0.717) is 33.8 Å². The molecule has 0 bridgehead atoms. The predicted octanol–water partition coefficient (Wildman–Crippen LogP) is 5.61. The lowest BCUT2D eigenvalue weighted by Gasteiger charge is -2.39. The van der Waals surface area contributed by atoms with Gasteiger partial charge in [0.2, 0.25) is 0 Å². The zero-order valence-corrected chi connectivity index (χ0v) is 22.0. The van der Waals surface area contributed by atoms with Crippen molar-refractivity contribution in [2.24, 2.45) is 5.92 Å². The van der Waals surface area contributed by atoms with Gasteiger partial charge in [-0.1, -0.05) is 30.4 Å². The third-order valence-corrected chi connectivity index (χ3v) is 6.89. The molecule has 5 rings (SSSR count). The van der Waals surface area contributed by atoms with E-state index in [2.05, 4.69) is 15.4 Å². The van der Waals surface area contributed by atoms with Gasteiger partial charge in [-0.3, -0.25) is 19.3 Å². The van der Waals surface area contributed by atoms with E-state index in [-0.39, 0.29) is 6.61 Å². The van der Waals surface area contributed by atoms with Crippen molar-refractivity contribution in [1.29, 1.82) is 0 Å². The lowest BCUT2D eigenvalue weighted by Crippen LogP contribution is -2.53. The Morgan fingerprint density at radius 2 is 1.71 bits per heavy atom. The zero-order chi connectivity index (χ0) is 29.9. The highest BCUT2D eigenvalue weighted by atomic mass is 19.4. The number of nitrogens with zero attached hydrogens (tertiary/aromatic N) is 3. The van der Waals surface area contributed by atoms with Crippen LogP contribution in [0.2, 0.25) is 0 Å². The highest BCUT2D eigenvalue weighted by Gasteiger charge is 2.45. The van der Waals surface area contributed by atoms with Crippen molar-refractivity contribution in [2.75, 3.05) is 11.9 Å². The molecule has 0 saturated heterocycles. The summed E-state index contributed by atoms with van der Waals surface area (Å²) in [6.07, 6.45) is 2.65. The summed E-state index contributed by atoms with van der Waals surface area (Å²) in [4.78, 5) is 27.8. The second-order valence-electron chi connectivity index (χ2n) is 9.83. The van der Waals surface area contributed by atoms with Crippen molar-refractivity contribution in [1.82, 2.24) is 14.8 Å². The van der Waals surface area contributed by atoms with E-state index in [1.54, 1.807) is 60.7 Å². The first kappa shape index (κ1) is 28.4. The number of pyridine rings is 1. The molecule has 0 radical (unpaired) electrons. The van der Waals surface area contributed by atoms with Crippen LogP contribution in [0.3, 0.4) is 0 Å². The summed E-state index contributed by atoms with van der Waals surface area (Å²) in [5.41, 5.74) is 2.05. The molecule has 0 fully saturated rings. The molecule has 42 heavy (non-hydrogen) atoms. The number of aliphatic carboxylic acids is 2. The van der Waals surface area contributed by atoms with Crippen LogP contribution >= 0.6 is 0 Å². The Morgan fingerprint density at radius 3 is 2.38 bits per heavy atom. The molecule has 2 unspecified atom stereocenters. The number of aromatic nitrogens is 3. The Kier molecular flexibility index (Phi) is 7.70. The van der Waals surface area contributed by atoms with Crippen LogP contribution in [0.15, 0.2) is 85.3 Å². The Hall–Kier alpha value is -5.13. The van der Waals surface area contributed by atoms with Gasteiger partial charge in [0.15, 0.2) is 0 Å². The van der Waals surface area contributed by atoms with Crippen molar-refractivity contribution in [3.63, 3.8) is 0 Å². The monoisotopic (exact) mass is 578 g/mol. The number of nitrogens with one attached hydrogen (secondary N) is 1. The van der Waals surface area contributed by atoms with E-state index < -0.39 is 42.5 Å². The van der Waals surface area contributed by atoms with Gasteiger partial charge in [-0.15, -0.1) is 0 Å². The Balaban J connectivity index is 1.43. The normalized spacial score (nSPS) is 16.7. The fourth-order valence-electron chi connectivity index (χ4n) is 4.89. The van der Waals surface area contributed by atoms with Gasteiger partial charge in [0.25, 0.3) is 0 Å². The number of rotatable bonds is 10. The summed E-state index contributed by atoms with van der Waals surface area (Å²) in [5, 5.41) is 26.8. The third-order valence-electron chi connectivity index (χ3n) is 6.89. The molecule has 4 aromatic rings. The number of carboxylic acid groups (broad SMARTS) is 2. The van der Waals surface area contributed by atoms with Crippen LogP contribution in [0.4, 0.5) is 18.9 Å². The van der Waals surface area contributed by atoms with E-state index in [1.165, 1.54) is 18.6 Å². The van der Waals surface area contributed by atoms with Crippen molar-refractivity contribution >= 4 is 23.7 Å². The number of hydrogen-bond donors (Lipinski definition) is 3. The maximum Gasteiger partial charge on any atom is 0.408 e. The summed E-state index contributed by atoms with van der Waals surface area (Å²) in [7, 11) is 0. The molecule has 2 aromatic heterocycles. The molecular weight excluding hydrogens is 553 g/mol. The first-order chi connectivity index (χ1) is 20.0. The maximum atomic E-state index is 13.1. The number of alkyl halides is 3. The molecule has 1 aliphatic rings. The molecule has 0 aliphatic carbocycles. The summed E-state index contributed by atoms with van der Waals surface area (Å²) in [5.74, 6) is -3.59. The fraction of sp³-hybridized carbons (Fsp3) is 0.200. The summed E-state index contributed by atoms with van der Waals surface area (Å²) in [6, 6.07) is 17.0. The minimum atomic E-state index is -4.46. The molecule has 2 atom stereocenters. The number of ether oxygens (including phenoxy) is 1. The van der Waals surface area contributed by atoms with Crippen molar-refractivity contribution in [3.8, 4) is 28.1 Å². The van der Waals surface area contributed by atoms with Crippen LogP contribution < -0.4 is 10.1 Å². The van der Waals surface area contributed by atoms with Crippen LogP contribution in [0.5, 0.6) is 5.75 Å². The molecule has 0 saturated carbocycles. The molecule has 3 heterocycles. The molecule has 0 spiro atoms. The second kappa shape index (κ2) is 11.4. The first-order valence-electron chi connectivity index (χ1n) is 12.8. The summed E-state index contributed by atoms with van der Waals surface area (Å²) in [6.45, 7) is -1.47. The first-order valence-corrected chi connectivity index (χ1v) is 12.8. The standard InChI is InChI=1S/C30H25F3N4O5/c31-30(32,33)17-37-16-23(19-10-13-34-14-11-19)27(36-37)21-5-7-22(8-6-21)42-18-29(24(28(40)41)15-26(38)39)12-9-20-3-1-2-4-25(20)35-29/h1-14,16,24,35H,15,17-18H2,(H,38,39)(H,40,41). The smallest absolute Gasteiger partial charge is 0.408 e. The van der Waals surface area contributed by atoms with Gasteiger partial charge in [-0.05, 0) is 53.6 Å². The molecule has 216 valence electrons. The predicted molar refractivity (Wildman–Crippen MR) is 148 cm³/mol. The van der Waals surface area contributed by atoms with Crippen molar-refractivity contribution in [3.05, 3.63) is 90.9 Å². The number of fused-ring (bicyclic) bond motifs is 1. The summed E-state index contributed by atoms with van der Waals surface area (Å²) >= 11 is 0. The van der Waals surface area contributed by atoms with Crippen LogP contribution in [0.1, 0.15) is 12.0 Å². The third kappa shape index (κ3) is 6.27. The quantitative estimate of drug-likeness (QED) is 0.222. The average Bonchev–Trinajstić information content (AvgIpc) is 3.37. The number of carbonyl (C=O) groups is 2. The maximum absolute atomic E-state index is 13.1. The van der Waals surface area contributed by atoms with Crippen LogP contribution in [0, 0.1) is 5.92 Å². The van der Waals surface area contributed by atoms with Crippen molar-refractivity contribution < 1.29 is 37.7 Å². The number of halogens is 3. The van der Waals surface area contributed by atoms with Crippen LogP contribution in [0.25, 0.3) is 28.5 Å². The molecule has 2 aromatic carbocycles.